The van der Waals surface area contributed by atoms with E-state index < -0.39 is 5.41 Å². The van der Waals surface area contributed by atoms with E-state index in [0.717, 1.165) is 65.9 Å². The fourth-order valence-electron chi connectivity index (χ4n) is 6.49. The second kappa shape index (κ2) is 13.0. The molecule has 0 unspecified atom stereocenters. The van der Waals surface area contributed by atoms with Crippen LogP contribution in [0.25, 0.3) is 0 Å². The first-order valence-corrected chi connectivity index (χ1v) is 14.9. The number of hydrogen-bond acceptors (Lipinski definition) is 8. The lowest BCUT2D eigenvalue weighted by molar-refractivity contribution is -0.137. The van der Waals surface area contributed by atoms with Gasteiger partial charge in [0.05, 0.1) is 12.0 Å². The predicted octanol–water partition coefficient (Wildman–Crippen LogP) is 3.90. The van der Waals surface area contributed by atoms with Gasteiger partial charge in [-0.2, -0.15) is 10.5 Å². The van der Waals surface area contributed by atoms with Gasteiger partial charge in [-0.05, 0) is 56.3 Å². The molecule has 2 aliphatic heterocycles. The van der Waals surface area contributed by atoms with Gasteiger partial charge >= 0.3 is 0 Å². The Labute approximate surface area is 248 Å². The molecule has 3 aliphatic carbocycles. The first-order chi connectivity index (χ1) is 20.2. The van der Waals surface area contributed by atoms with Gasteiger partial charge in [-0.15, -0.1) is 0 Å². The van der Waals surface area contributed by atoms with Gasteiger partial charge in [0.2, 0.25) is 11.8 Å². The number of dihydropyridines is 1. The van der Waals surface area contributed by atoms with Gasteiger partial charge in [0, 0.05) is 63.0 Å². The van der Waals surface area contributed by atoms with Gasteiger partial charge in [-0.1, -0.05) is 37.3 Å². The van der Waals surface area contributed by atoms with Crippen LogP contribution in [0.1, 0.15) is 59.3 Å². The predicted molar refractivity (Wildman–Crippen MR) is 161 cm³/mol. The van der Waals surface area contributed by atoms with E-state index in [0.29, 0.717) is 44.0 Å². The van der Waals surface area contributed by atoms with E-state index >= 15 is 0 Å². The molecule has 0 atom stereocenters. The molecule has 0 radical (unpaired) electrons. The van der Waals surface area contributed by atoms with Gasteiger partial charge in [0.25, 0.3) is 0 Å². The number of likely N-dealkylation sites (N-methyl/N-ethyl adjacent to an activating group) is 1. The van der Waals surface area contributed by atoms with Crippen LogP contribution < -0.4 is 5.32 Å². The molecule has 0 aromatic heterocycles. The van der Waals surface area contributed by atoms with E-state index in [1.807, 2.05) is 43.9 Å². The highest BCUT2D eigenvalue weighted by Crippen LogP contribution is 2.49. The number of Topliss-reactive ketones (excluding diaryl/α,β-unsaturated/α-hetero) is 1. The molecular weight excluding hydrogens is 532 g/mol. The van der Waals surface area contributed by atoms with Crippen molar-refractivity contribution in [2.45, 2.75) is 65.3 Å². The fourth-order valence-corrected chi connectivity index (χ4v) is 6.49. The topological polar surface area (TPSA) is 136 Å². The summed E-state index contributed by atoms with van der Waals surface area (Å²) in [7, 11) is 3.53. The van der Waals surface area contributed by atoms with E-state index in [1.165, 1.54) is 0 Å². The van der Waals surface area contributed by atoms with Crippen molar-refractivity contribution in [2.24, 2.45) is 10.6 Å². The minimum Gasteiger partial charge on any atom is -0.366 e. The lowest BCUT2D eigenvalue weighted by Crippen LogP contribution is -2.48. The summed E-state index contributed by atoms with van der Waals surface area (Å²) in [5.74, 6) is 0.795. The highest BCUT2D eigenvalue weighted by molar-refractivity contribution is 6.14. The second-order valence-electron chi connectivity index (χ2n) is 11.6. The second-order valence-corrected chi connectivity index (χ2v) is 11.6. The molecule has 2 heterocycles. The normalized spacial score (nSPS) is 24.8. The Kier molecular flexibility index (Phi) is 9.60. The molecule has 1 saturated heterocycles. The molecule has 0 aromatic rings. The van der Waals surface area contributed by atoms with Crippen LogP contribution in [0, 0.1) is 16.4 Å². The van der Waals surface area contributed by atoms with E-state index in [4.69, 9.17) is 10.9 Å². The fraction of sp³-hybridized carbons (Fsp3) is 0.548. The van der Waals surface area contributed by atoms with Gasteiger partial charge in [-0.3, -0.25) is 24.7 Å². The number of rotatable bonds is 9. The molecule has 5 aliphatic rings. The minimum absolute atomic E-state index is 0.0371. The van der Waals surface area contributed by atoms with E-state index in [1.54, 1.807) is 25.1 Å². The maximum Gasteiger partial charge on any atom is 0.236 e. The number of carbonyl (C=O) groups is 3. The van der Waals surface area contributed by atoms with Crippen LogP contribution in [0.3, 0.4) is 0 Å². The molecule has 2 amide bonds. The maximum atomic E-state index is 13.8. The summed E-state index contributed by atoms with van der Waals surface area (Å²) in [6.07, 6.45) is 13.2. The van der Waals surface area contributed by atoms with E-state index in [2.05, 4.69) is 15.4 Å². The monoisotopic (exact) mass is 576 g/mol. The third-order valence-corrected chi connectivity index (χ3v) is 9.13. The van der Waals surface area contributed by atoms with Crippen LogP contribution in [-0.2, 0) is 14.4 Å². The lowest BCUT2D eigenvalue weighted by Gasteiger charge is -2.41. The highest BCUT2D eigenvalue weighted by atomic mass is 16.2. The summed E-state index contributed by atoms with van der Waals surface area (Å²) in [4.78, 5) is 45.1. The summed E-state index contributed by atoms with van der Waals surface area (Å²) in [5.41, 5.74) is 11.3. The quantitative estimate of drug-likeness (QED) is 0.165. The maximum absolute atomic E-state index is 13.8. The highest BCUT2D eigenvalue weighted by Gasteiger charge is 2.50. The van der Waals surface area contributed by atoms with Gasteiger partial charge < -0.3 is 15.1 Å². The summed E-state index contributed by atoms with van der Waals surface area (Å²) in [6, 6.07) is 0.175. The smallest absolute Gasteiger partial charge is 0.236 e. The molecule has 5 rings (SSSR count). The number of hydrogen-bond donors (Lipinski definition) is 3. The van der Waals surface area contributed by atoms with Crippen LogP contribution in [0.5, 0.6) is 0 Å². The molecule has 1 saturated carbocycles. The number of allylic oxidation sites excluding steroid dienone is 7. The van der Waals surface area contributed by atoms with Crippen LogP contribution >= 0.6 is 0 Å². The number of amides is 2. The Bertz CT molecular complexity index is 1290. The lowest BCUT2D eigenvalue weighted by atomic mass is 9.71. The number of nitrogens with zero attached hydrogens (tertiary/aromatic N) is 5. The zero-order valence-corrected chi connectivity index (χ0v) is 25.5. The zero-order valence-electron chi connectivity index (χ0n) is 25.5. The third-order valence-electron chi connectivity index (χ3n) is 9.13. The van der Waals surface area contributed by atoms with Crippen LogP contribution in [-0.4, -0.2) is 90.0 Å². The molecule has 11 nitrogen and oxygen atoms in total. The Balaban J connectivity index is 0.00000198. The summed E-state index contributed by atoms with van der Waals surface area (Å²) in [5, 5.41) is 15.0. The minimum atomic E-state index is -0.395. The first kappa shape index (κ1) is 31.1. The third kappa shape index (κ3) is 5.88. The number of fused-ring (bicyclic) bond motifs is 1. The molecule has 1 spiro atoms. The summed E-state index contributed by atoms with van der Waals surface area (Å²) in [6.45, 7) is 7.94. The Morgan fingerprint density at radius 3 is 2.40 bits per heavy atom. The van der Waals surface area contributed by atoms with E-state index in [-0.39, 0.29) is 23.6 Å². The number of carbonyl (C=O) groups excluding carboxylic acids is 3. The van der Waals surface area contributed by atoms with Crippen LogP contribution in [0.2, 0.25) is 0 Å². The average molecular weight is 577 g/mol. The van der Waals surface area contributed by atoms with Crippen LogP contribution in [0.15, 0.2) is 63.3 Å². The van der Waals surface area contributed by atoms with Crippen molar-refractivity contribution in [3.8, 4) is 0 Å². The summed E-state index contributed by atoms with van der Waals surface area (Å²) < 4.78 is 0. The Morgan fingerprint density at radius 2 is 1.86 bits per heavy atom. The van der Waals surface area contributed by atoms with Crippen molar-refractivity contribution in [2.75, 3.05) is 40.3 Å². The Morgan fingerprint density at radius 1 is 1.14 bits per heavy atom. The first-order valence-electron chi connectivity index (χ1n) is 14.9. The van der Waals surface area contributed by atoms with Crippen molar-refractivity contribution in [3.05, 3.63) is 58.1 Å². The standard InChI is InChI=1S/C29H38N8O3.C2H6/c1-19-24(14-21-5-6-23(21)27(19)39)36-13-12-29(28(36)40)10-8-22(9-11-29)35(17-26(38)34(2)3)16-20-4-7-25(32-15-20)37(18-30)33-31;1-2/h4-7,18,22,30-32H,8-17H2,1-3H3;1-2H3. The van der Waals surface area contributed by atoms with Gasteiger partial charge in [0.1, 0.15) is 12.2 Å². The molecule has 42 heavy (non-hydrogen) atoms. The van der Waals surface area contributed by atoms with Crippen molar-refractivity contribution < 1.29 is 14.4 Å². The molecule has 226 valence electrons. The zero-order chi connectivity index (χ0) is 30.6. The van der Waals surface area contributed by atoms with Gasteiger partial charge in [-0.25, -0.2) is 0 Å². The van der Waals surface area contributed by atoms with Gasteiger partial charge in [0.15, 0.2) is 5.78 Å². The number of likely N-dealkylation sites (tertiary alicyclic amines) is 1. The largest absolute Gasteiger partial charge is 0.366 e. The SMILES string of the molecule is CC.CC1=C(N2CCC3(CCC(N(CC(=O)N(C)C)CC4=CC=C(N(C=N)N=N)NC4)CC3)C2=O)CC2=CC=C2C1=O. The molecule has 2 fully saturated rings. The molecule has 0 aromatic carbocycles. The molecular formula is C31H44N8O3. The van der Waals surface area contributed by atoms with Crippen molar-refractivity contribution in [3.63, 3.8) is 0 Å². The molecule has 11 heteroatoms. The summed E-state index contributed by atoms with van der Waals surface area (Å²) >= 11 is 0. The van der Waals surface area contributed by atoms with Crippen molar-refractivity contribution in [1.82, 2.24) is 25.0 Å². The number of nitrogens with one attached hydrogen (secondary N) is 3. The Hall–Kier alpha value is -3.86. The number of ketones is 1. The molecule has 0 bridgehead atoms. The van der Waals surface area contributed by atoms with E-state index in [9.17, 15) is 14.4 Å². The average Bonchev–Trinajstić information content (AvgIpc) is 3.29. The van der Waals surface area contributed by atoms with Crippen molar-refractivity contribution >= 4 is 23.9 Å². The van der Waals surface area contributed by atoms with Crippen LogP contribution in [0.4, 0.5) is 0 Å². The van der Waals surface area contributed by atoms with Crippen molar-refractivity contribution in [1.29, 1.82) is 10.9 Å². The molecule has 3 N–H and O–H groups in total.